The highest BCUT2D eigenvalue weighted by molar-refractivity contribution is 7.99. The quantitative estimate of drug-likeness (QED) is 0.665. The number of rotatable bonds is 5. The van der Waals surface area contributed by atoms with Gasteiger partial charge in [-0.3, -0.25) is 10.1 Å². The Morgan fingerprint density at radius 1 is 1.24 bits per heavy atom. The van der Waals surface area contributed by atoms with E-state index in [0.717, 1.165) is 9.79 Å². The van der Waals surface area contributed by atoms with E-state index in [9.17, 15) is 14.5 Å². The first-order chi connectivity index (χ1) is 10.0. The van der Waals surface area contributed by atoms with Crippen molar-refractivity contribution < 1.29 is 9.31 Å². The molecule has 0 saturated heterocycles. The minimum absolute atomic E-state index is 0.0439. The van der Waals surface area contributed by atoms with Crippen molar-refractivity contribution >= 4 is 17.4 Å². The number of hydrogen-bond acceptors (Lipinski definition) is 4. The van der Waals surface area contributed by atoms with Crippen molar-refractivity contribution in [3.05, 3.63) is 64.0 Å². The van der Waals surface area contributed by atoms with E-state index in [2.05, 4.69) is 5.32 Å². The first kappa shape index (κ1) is 15.5. The topological polar surface area (TPSA) is 55.2 Å². The summed E-state index contributed by atoms with van der Waals surface area (Å²) in [5.74, 6) is -0.260. The fourth-order valence-corrected chi connectivity index (χ4v) is 2.99. The number of non-ortho nitro benzene ring substituents is 1. The van der Waals surface area contributed by atoms with E-state index in [1.54, 1.807) is 25.2 Å². The first-order valence-electron chi connectivity index (χ1n) is 6.41. The van der Waals surface area contributed by atoms with Crippen LogP contribution >= 0.6 is 11.8 Å². The largest absolute Gasteiger partial charge is 0.313 e. The molecule has 0 aliphatic heterocycles. The van der Waals surface area contributed by atoms with Crippen LogP contribution in [0.15, 0.2) is 52.3 Å². The van der Waals surface area contributed by atoms with E-state index in [4.69, 9.17) is 0 Å². The molecule has 0 saturated carbocycles. The molecule has 1 N–H and O–H groups in total. The maximum absolute atomic E-state index is 14.0. The minimum atomic E-state index is -0.439. The molecular formula is C15H15FN2O2S. The van der Waals surface area contributed by atoms with Crippen molar-refractivity contribution in [2.24, 2.45) is 0 Å². The molecule has 0 bridgehead atoms. The fraction of sp³-hybridized carbons (Fsp3) is 0.200. The predicted octanol–water partition coefficient (Wildman–Crippen LogP) is 4.17. The average Bonchev–Trinajstić information content (AvgIpc) is 2.47. The van der Waals surface area contributed by atoms with Gasteiger partial charge >= 0.3 is 0 Å². The number of nitrogens with zero attached hydrogens (tertiary/aromatic N) is 1. The van der Waals surface area contributed by atoms with Crippen LogP contribution in [0.1, 0.15) is 18.5 Å². The summed E-state index contributed by atoms with van der Waals surface area (Å²) in [7, 11) is 1.78. The highest BCUT2D eigenvalue weighted by Gasteiger charge is 2.15. The second kappa shape index (κ2) is 6.69. The average molecular weight is 306 g/mol. The van der Waals surface area contributed by atoms with Crippen molar-refractivity contribution in [2.75, 3.05) is 7.05 Å². The number of halogens is 1. The van der Waals surface area contributed by atoms with Crippen molar-refractivity contribution in [3.8, 4) is 0 Å². The summed E-state index contributed by atoms with van der Waals surface area (Å²) < 4.78 is 14.0. The van der Waals surface area contributed by atoms with Gasteiger partial charge in [-0.15, -0.1) is 0 Å². The summed E-state index contributed by atoms with van der Waals surface area (Å²) in [4.78, 5) is 11.8. The van der Waals surface area contributed by atoms with Crippen LogP contribution in [0.5, 0.6) is 0 Å². The van der Waals surface area contributed by atoms with Gasteiger partial charge in [0.2, 0.25) is 0 Å². The predicted molar refractivity (Wildman–Crippen MR) is 81.1 cm³/mol. The molecule has 0 aromatic heterocycles. The van der Waals surface area contributed by atoms with E-state index >= 15 is 0 Å². The summed E-state index contributed by atoms with van der Waals surface area (Å²) in [5.41, 5.74) is 0.644. The van der Waals surface area contributed by atoms with E-state index in [1.807, 2.05) is 13.0 Å². The Morgan fingerprint density at radius 2 is 1.90 bits per heavy atom. The lowest BCUT2D eigenvalue weighted by atomic mass is 10.1. The minimum Gasteiger partial charge on any atom is -0.313 e. The van der Waals surface area contributed by atoms with Crippen LogP contribution < -0.4 is 5.32 Å². The van der Waals surface area contributed by atoms with E-state index in [-0.39, 0.29) is 17.5 Å². The molecule has 21 heavy (non-hydrogen) atoms. The summed E-state index contributed by atoms with van der Waals surface area (Å²) >= 11 is 1.39. The third kappa shape index (κ3) is 3.59. The van der Waals surface area contributed by atoms with Crippen LogP contribution in [0, 0.1) is 15.9 Å². The SMILES string of the molecule is CNC(C)c1c(F)cccc1Sc1ccc([N+](=O)[O-])cc1. The van der Waals surface area contributed by atoms with Crippen LogP contribution in [-0.4, -0.2) is 12.0 Å². The van der Waals surface area contributed by atoms with Crippen LogP contribution in [0.4, 0.5) is 10.1 Å². The maximum atomic E-state index is 14.0. The van der Waals surface area contributed by atoms with E-state index < -0.39 is 4.92 Å². The highest BCUT2D eigenvalue weighted by Crippen LogP contribution is 2.35. The Hall–Kier alpha value is -1.92. The van der Waals surface area contributed by atoms with Gasteiger partial charge in [0, 0.05) is 33.5 Å². The van der Waals surface area contributed by atoms with Crippen LogP contribution in [-0.2, 0) is 0 Å². The second-order valence-electron chi connectivity index (χ2n) is 4.52. The molecule has 110 valence electrons. The summed E-state index contributed by atoms with van der Waals surface area (Å²) in [6.45, 7) is 1.89. The molecule has 4 nitrogen and oxygen atoms in total. The molecule has 0 heterocycles. The van der Waals surface area contributed by atoms with Gasteiger partial charge in [-0.25, -0.2) is 4.39 Å². The molecular weight excluding hydrogens is 291 g/mol. The molecule has 6 heteroatoms. The summed E-state index contributed by atoms with van der Waals surface area (Å²) in [5, 5.41) is 13.7. The van der Waals surface area contributed by atoms with Gasteiger partial charge in [-0.2, -0.15) is 0 Å². The molecule has 2 aromatic rings. The number of nitro benzene ring substituents is 1. The zero-order chi connectivity index (χ0) is 15.4. The molecule has 2 aromatic carbocycles. The Labute approximate surface area is 126 Å². The standard InChI is InChI=1S/C15H15FN2O2S/c1-10(17-2)15-13(16)4-3-5-14(15)21-12-8-6-11(7-9-12)18(19)20/h3-10,17H,1-2H3. The van der Waals surface area contributed by atoms with Gasteiger partial charge in [0.15, 0.2) is 0 Å². The van der Waals surface area contributed by atoms with E-state index in [1.165, 1.54) is 30.0 Å². The first-order valence-corrected chi connectivity index (χ1v) is 7.22. The number of nitrogens with one attached hydrogen (secondary N) is 1. The van der Waals surface area contributed by atoms with Crippen molar-refractivity contribution in [1.29, 1.82) is 0 Å². The normalized spacial score (nSPS) is 12.1. The zero-order valence-corrected chi connectivity index (χ0v) is 12.5. The lowest BCUT2D eigenvalue weighted by Gasteiger charge is -2.16. The van der Waals surface area contributed by atoms with Gasteiger partial charge in [0.25, 0.3) is 5.69 Å². The van der Waals surface area contributed by atoms with Crippen LogP contribution in [0.25, 0.3) is 0 Å². The molecule has 2 rings (SSSR count). The second-order valence-corrected chi connectivity index (χ2v) is 5.63. The Kier molecular flexibility index (Phi) is 4.93. The molecule has 0 amide bonds. The van der Waals surface area contributed by atoms with Gasteiger partial charge in [-0.1, -0.05) is 17.8 Å². The summed E-state index contributed by atoms with van der Waals surface area (Å²) in [6, 6.07) is 11.1. The van der Waals surface area contributed by atoms with Crippen molar-refractivity contribution in [2.45, 2.75) is 22.8 Å². The molecule has 0 fully saturated rings. The third-order valence-electron chi connectivity index (χ3n) is 3.15. The zero-order valence-electron chi connectivity index (χ0n) is 11.7. The van der Waals surface area contributed by atoms with Crippen molar-refractivity contribution in [1.82, 2.24) is 5.32 Å². The van der Waals surface area contributed by atoms with Crippen LogP contribution in [0.2, 0.25) is 0 Å². The molecule has 1 unspecified atom stereocenters. The number of nitro groups is 1. The third-order valence-corrected chi connectivity index (χ3v) is 4.24. The number of hydrogen-bond donors (Lipinski definition) is 1. The Bertz CT molecular complexity index is 647. The van der Waals surface area contributed by atoms with E-state index in [0.29, 0.717) is 5.56 Å². The molecule has 1 atom stereocenters. The highest BCUT2D eigenvalue weighted by atomic mass is 32.2. The fourth-order valence-electron chi connectivity index (χ4n) is 1.93. The van der Waals surface area contributed by atoms with Gasteiger partial charge in [0.05, 0.1) is 4.92 Å². The Morgan fingerprint density at radius 3 is 2.48 bits per heavy atom. The van der Waals surface area contributed by atoms with Crippen LogP contribution in [0.3, 0.4) is 0 Å². The summed E-state index contributed by atoms with van der Waals surface area (Å²) in [6.07, 6.45) is 0. The van der Waals surface area contributed by atoms with Crippen molar-refractivity contribution in [3.63, 3.8) is 0 Å². The van der Waals surface area contributed by atoms with Gasteiger partial charge in [-0.05, 0) is 38.2 Å². The molecule has 0 spiro atoms. The molecule has 0 aliphatic carbocycles. The molecule has 0 radical (unpaired) electrons. The smallest absolute Gasteiger partial charge is 0.269 e. The molecule has 0 aliphatic rings. The Balaban J connectivity index is 2.31. The van der Waals surface area contributed by atoms with Gasteiger partial charge < -0.3 is 5.32 Å². The lowest BCUT2D eigenvalue weighted by Crippen LogP contribution is -2.14. The lowest BCUT2D eigenvalue weighted by molar-refractivity contribution is -0.384. The van der Waals surface area contributed by atoms with Gasteiger partial charge in [0.1, 0.15) is 5.82 Å². The maximum Gasteiger partial charge on any atom is 0.269 e. The monoisotopic (exact) mass is 306 g/mol. The number of benzene rings is 2.